The second kappa shape index (κ2) is 7.44. The Balaban J connectivity index is 1.51. The summed E-state index contributed by atoms with van der Waals surface area (Å²) in [5, 5.41) is 5.74. The van der Waals surface area contributed by atoms with Crippen molar-refractivity contribution in [1.29, 1.82) is 0 Å². The Morgan fingerprint density at radius 2 is 1.93 bits per heavy atom. The highest BCUT2D eigenvalue weighted by atomic mass is 16.5. The molecule has 0 unspecified atom stereocenters. The van der Waals surface area contributed by atoms with Crippen molar-refractivity contribution >= 4 is 23.1 Å². The van der Waals surface area contributed by atoms with E-state index < -0.39 is 0 Å². The van der Waals surface area contributed by atoms with Gasteiger partial charge >= 0.3 is 6.03 Å². The molecule has 2 amide bonds. The molecule has 140 valence electrons. The molecule has 0 radical (unpaired) electrons. The second-order valence-electron chi connectivity index (χ2n) is 6.43. The summed E-state index contributed by atoms with van der Waals surface area (Å²) in [4.78, 5) is 17.0. The molecule has 0 saturated carbocycles. The second-order valence-corrected chi connectivity index (χ2v) is 6.43. The fourth-order valence-electron chi connectivity index (χ4n) is 3.02. The third-order valence-corrected chi connectivity index (χ3v) is 4.46. The van der Waals surface area contributed by atoms with Crippen LogP contribution in [0.1, 0.15) is 5.56 Å². The average molecular weight is 372 g/mol. The molecule has 0 aliphatic rings. The molecule has 6 heteroatoms. The van der Waals surface area contributed by atoms with Gasteiger partial charge in [-0.15, -0.1) is 0 Å². The summed E-state index contributed by atoms with van der Waals surface area (Å²) in [5.41, 5.74) is 5.01. The van der Waals surface area contributed by atoms with Crippen molar-refractivity contribution in [1.82, 2.24) is 9.38 Å². The molecule has 0 aliphatic carbocycles. The first-order valence-electron chi connectivity index (χ1n) is 8.89. The molecule has 2 aromatic carbocycles. The van der Waals surface area contributed by atoms with Gasteiger partial charge in [-0.2, -0.15) is 0 Å². The molecule has 0 bridgehead atoms. The first-order valence-corrected chi connectivity index (χ1v) is 8.89. The Hall–Kier alpha value is -3.80. The molecule has 2 aromatic heterocycles. The third kappa shape index (κ3) is 3.66. The van der Waals surface area contributed by atoms with Gasteiger partial charge in [-0.25, -0.2) is 9.78 Å². The number of carbonyl (C=O) groups excluding carboxylic acids is 1. The van der Waals surface area contributed by atoms with E-state index in [1.165, 1.54) is 0 Å². The first-order chi connectivity index (χ1) is 13.6. The van der Waals surface area contributed by atoms with Gasteiger partial charge in [0.15, 0.2) is 0 Å². The lowest BCUT2D eigenvalue weighted by Crippen LogP contribution is -2.19. The predicted molar refractivity (Wildman–Crippen MR) is 111 cm³/mol. The van der Waals surface area contributed by atoms with Crippen LogP contribution in [0.25, 0.3) is 16.9 Å². The summed E-state index contributed by atoms with van der Waals surface area (Å²) in [6, 6.07) is 18.7. The number of nitrogens with one attached hydrogen (secondary N) is 2. The number of urea groups is 1. The molecule has 0 saturated heterocycles. The van der Waals surface area contributed by atoms with E-state index in [0.29, 0.717) is 5.69 Å². The Labute approximate surface area is 162 Å². The lowest BCUT2D eigenvalue weighted by molar-refractivity contribution is 0.262. The standard InChI is InChI=1S/C22H20N4O2/c1-15-12-18(28-2)9-10-19(15)25-22(27)23-17-7-5-6-16(13-17)20-14-26-11-4-3-8-21(26)24-20/h3-14H,1-2H3,(H2,23,25,27). The molecule has 28 heavy (non-hydrogen) atoms. The first kappa shape index (κ1) is 17.6. The maximum absolute atomic E-state index is 12.4. The summed E-state index contributed by atoms with van der Waals surface area (Å²) in [6.07, 6.45) is 3.92. The van der Waals surface area contributed by atoms with Crippen LogP contribution < -0.4 is 15.4 Å². The maximum atomic E-state index is 12.4. The van der Waals surface area contributed by atoms with Crippen LogP contribution in [0.5, 0.6) is 5.75 Å². The number of aromatic nitrogens is 2. The Bertz CT molecular complexity index is 1120. The minimum absolute atomic E-state index is 0.305. The van der Waals surface area contributed by atoms with Gasteiger partial charge in [0.2, 0.25) is 0 Å². The highest BCUT2D eigenvalue weighted by Crippen LogP contribution is 2.24. The number of benzene rings is 2. The number of anilines is 2. The van der Waals surface area contributed by atoms with Crippen molar-refractivity contribution in [3.63, 3.8) is 0 Å². The van der Waals surface area contributed by atoms with Crippen molar-refractivity contribution in [2.75, 3.05) is 17.7 Å². The van der Waals surface area contributed by atoms with Crippen LogP contribution in [-0.2, 0) is 0 Å². The number of imidazole rings is 1. The van der Waals surface area contributed by atoms with E-state index in [9.17, 15) is 4.79 Å². The monoisotopic (exact) mass is 372 g/mol. The fourth-order valence-corrected chi connectivity index (χ4v) is 3.02. The van der Waals surface area contributed by atoms with Gasteiger partial charge in [0, 0.05) is 29.3 Å². The lowest BCUT2D eigenvalue weighted by Gasteiger charge is -2.11. The lowest BCUT2D eigenvalue weighted by atomic mass is 10.1. The average Bonchev–Trinajstić information content (AvgIpc) is 3.14. The summed E-state index contributed by atoms with van der Waals surface area (Å²) in [5.74, 6) is 0.753. The molecule has 0 atom stereocenters. The van der Waals surface area contributed by atoms with E-state index >= 15 is 0 Å². The molecule has 0 spiro atoms. The highest BCUT2D eigenvalue weighted by molar-refractivity contribution is 6.00. The Kier molecular flexibility index (Phi) is 4.68. The molecule has 2 heterocycles. The van der Waals surface area contributed by atoms with E-state index in [2.05, 4.69) is 15.6 Å². The van der Waals surface area contributed by atoms with Gasteiger partial charge in [0.05, 0.1) is 12.8 Å². The van der Waals surface area contributed by atoms with E-state index in [1.54, 1.807) is 7.11 Å². The van der Waals surface area contributed by atoms with Crippen molar-refractivity contribution < 1.29 is 9.53 Å². The third-order valence-electron chi connectivity index (χ3n) is 4.46. The van der Waals surface area contributed by atoms with Crippen molar-refractivity contribution in [3.8, 4) is 17.0 Å². The molecule has 0 fully saturated rings. The van der Waals surface area contributed by atoms with Crippen LogP contribution >= 0.6 is 0 Å². The van der Waals surface area contributed by atoms with Gasteiger partial charge in [0.25, 0.3) is 0 Å². The zero-order chi connectivity index (χ0) is 19.5. The number of fused-ring (bicyclic) bond motifs is 1. The topological polar surface area (TPSA) is 67.7 Å². The Morgan fingerprint density at radius 1 is 1.04 bits per heavy atom. The van der Waals surface area contributed by atoms with Crippen molar-refractivity contribution in [3.05, 3.63) is 78.6 Å². The summed E-state index contributed by atoms with van der Waals surface area (Å²) >= 11 is 0. The number of hydrogen-bond donors (Lipinski definition) is 2. The van der Waals surface area contributed by atoms with E-state index in [-0.39, 0.29) is 6.03 Å². The molecule has 0 aliphatic heterocycles. The van der Waals surface area contributed by atoms with Crippen LogP contribution in [-0.4, -0.2) is 22.5 Å². The minimum atomic E-state index is -0.305. The van der Waals surface area contributed by atoms with Crippen LogP contribution in [0.2, 0.25) is 0 Å². The number of ether oxygens (including phenoxy) is 1. The SMILES string of the molecule is COc1ccc(NC(=O)Nc2cccc(-c3cn4ccccc4n3)c2)c(C)c1. The molecular formula is C22H20N4O2. The van der Waals surface area contributed by atoms with Crippen molar-refractivity contribution in [2.45, 2.75) is 6.92 Å². The number of pyridine rings is 1. The fraction of sp³-hybridized carbons (Fsp3) is 0.0909. The van der Waals surface area contributed by atoms with Crippen LogP contribution in [0, 0.1) is 6.92 Å². The van der Waals surface area contributed by atoms with E-state index in [4.69, 9.17) is 4.74 Å². The zero-order valence-corrected chi connectivity index (χ0v) is 15.6. The number of aryl methyl sites for hydroxylation is 1. The maximum Gasteiger partial charge on any atom is 0.323 e. The molecule has 4 rings (SSSR count). The predicted octanol–water partition coefficient (Wildman–Crippen LogP) is 4.96. The summed E-state index contributed by atoms with van der Waals surface area (Å²) < 4.78 is 7.16. The summed E-state index contributed by atoms with van der Waals surface area (Å²) in [6.45, 7) is 1.92. The van der Waals surface area contributed by atoms with Gasteiger partial charge in [-0.05, 0) is 55.0 Å². The van der Waals surface area contributed by atoms with Gasteiger partial charge in [-0.1, -0.05) is 18.2 Å². The number of amides is 2. The van der Waals surface area contributed by atoms with Crippen molar-refractivity contribution in [2.24, 2.45) is 0 Å². The molecule has 4 aromatic rings. The van der Waals surface area contributed by atoms with Gasteiger partial charge in [-0.3, -0.25) is 0 Å². The van der Waals surface area contributed by atoms with E-state index in [1.807, 2.05) is 84.4 Å². The molecular weight excluding hydrogens is 352 g/mol. The highest BCUT2D eigenvalue weighted by Gasteiger charge is 2.08. The van der Waals surface area contributed by atoms with Gasteiger partial charge < -0.3 is 19.8 Å². The number of nitrogens with zero attached hydrogens (tertiary/aromatic N) is 2. The van der Waals surface area contributed by atoms with Crippen LogP contribution in [0.4, 0.5) is 16.2 Å². The number of hydrogen-bond acceptors (Lipinski definition) is 3. The number of carbonyl (C=O) groups is 1. The van der Waals surface area contributed by atoms with Gasteiger partial charge in [0.1, 0.15) is 11.4 Å². The van der Waals surface area contributed by atoms with Crippen LogP contribution in [0.3, 0.4) is 0 Å². The Morgan fingerprint density at radius 3 is 2.71 bits per heavy atom. The normalized spacial score (nSPS) is 10.6. The zero-order valence-electron chi connectivity index (χ0n) is 15.6. The quantitative estimate of drug-likeness (QED) is 0.532. The van der Waals surface area contributed by atoms with Crippen LogP contribution in [0.15, 0.2) is 73.1 Å². The largest absolute Gasteiger partial charge is 0.497 e. The number of methoxy groups -OCH3 is 1. The summed E-state index contributed by atoms with van der Waals surface area (Å²) in [7, 11) is 1.62. The molecule has 6 nitrogen and oxygen atoms in total. The smallest absolute Gasteiger partial charge is 0.323 e. The number of rotatable bonds is 4. The molecule has 2 N–H and O–H groups in total. The minimum Gasteiger partial charge on any atom is -0.497 e. The van der Waals surface area contributed by atoms with E-state index in [0.717, 1.165) is 33.9 Å².